The Balaban J connectivity index is 0. The smallest absolute Gasteiger partial charge is 0.0781 e. The van der Waals surface area contributed by atoms with Gasteiger partial charge in [0.15, 0.2) is 0 Å². The first kappa shape index (κ1) is 28.0. The van der Waals surface area contributed by atoms with Gasteiger partial charge in [-0.3, -0.25) is 0 Å². The highest BCUT2D eigenvalue weighted by Crippen LogP contribution is 2.01. The molecule has 0 fully saturated rings. The lowest BCUT2D eigenvalue weighted by molar-refractivity contribution is -0.0620. The van der Waals surface area contributed by atoms with Crippen molar-refractivity contribution in [2.45, 2.75) is 104 Å². The Labute approximate surface area is 162 Å². The Morgan fingerprint density at radius 3 is 1.62 bits per heavy atom. The van der Waals surface area contributed by atoms with E-state index >= 15 is 0 Å². The molecule has 0 aliphatic rings. The summed E-state index contributed by atoms with van der Waals surface area (Å²) in [5.74, 6) is 0. The summed E-state index contributed by atoms with van der Waals surface area (Å²) in [6.45, 7) is 12.5. The zero-order valence-electron chi connectivity index (χ0n) is 18.0. The quantitative estimate of drug-likeness (QED) is 0.369. The van der Waals surface area contributed by atoms with Gasteiger partial charge in [-0.15, -0.1) is 0 Å². The molecule has 0 saturated carbocycles. The van der Waals surface area contributed by atoms with E-state index in [1.807, 2.05) is 6.92 Å². The Morgan fingerprint density at radius 1 is 0.692 bits per heavy atom. The molecule has 0 amide bonds. The number of unbranched alkanes of at least 4 members (excludes halogenated alkanes) is 6. The number of aliphatic hydroxyl groups excluding tert-OH is 2. The van der Waals surface area contributed by atoms with Gasteiger partial charge in [0, 0.05) is 13.2 Å². The summed E-state index contributed by atoms with van der Waals surface area (Å²) in [5.41, 5.74) is 0. The molecule has 5 heteroatoms. The van der Waals surface area contributed by atoms with Crippen LogP contribution >= 0.6 is 0 Å². The number of aliphatic hydroxyl groups is 2. The van der Waals surface area contributed by atoms with Crippen molar-refractivity contribution < 1.29 is 24.4 Å². The van der Waals surface area contributed by atoms with E-state index in [-0.39, 0.29) is 18.8 Å². The molecule has 0 aromatic rings. The van der Waals surface area contributed by atoms with Crippen LogP contribution in [0.4, 0.5) is 0 Å². The molecule has 0 aromatic heterocycles. The number of rotatable bonds is 17. The van der Waals surface area contributed by atoms with E-state index in [4.69, 9.17) is 24.4 Å². The monoisotopic (exact) mass is 378 g/mol. The maximum Gasteiger partial charge on any atom is 0.0781 e. The fraction of sp³-hybridized carbons (Fsp3) is 1.00. The minimum Gasteiger partial charge on any atom is -0.394 e. The predicted octanol–water partition coefficient (Wildman–Crippen LogP) is 4.33. The van der Waals surface area contributed by atoms with Gasteiger partial charge in [0.05, 0.1) is 38.1 Å². The van der Waals surface area contributed by atoms with E-state index in [0.29, 0.717) is 13.2 Å². The molecule has 0 heterocycles. The summed E-state index contributed by atoms with van der Waals surface area (Å²) in [5, 5.41) is 17.6. The highest BCUT2D eigenvalue weighted by molar-refractivity contribution is 4.53. The Hall–Kier alpha value is -0.200. The van der Waals surface area contributed by atoms with Gasteiger partial charge in [0.1, 0.15) is 0 Å². The Kier molecular flexibility index (Phi) is 24.6. The summed E-state index contributed by atoms with van der Waals surface area (Å²) in [4.78, 5) is 0. The van der Waals surface area contributed by atoms with Crippen LogP contribution in [0.5, 0.6) is 0 Å². The minimum absolute atomic E-state index is 0.0170. The first-order valence-electron chi connectivity index (χ1n) is 10.6. The molecule has 3 unspecified atom stereocenters. The first-order chi connectivity index (χ1) is 12.5. The third kappa shape index (κ3) is 26.0. The molecular formula is C21H46O5. The van der Waals surface area contributed by atoms with Crippen LogP contribution in [0.3, 0.4) is 0 Å². The van der Waals surface area contributed by atoms with Crippen molar-refractivity contribution >= 4 is 0 Å². The topological polar surface area (TPSA) is 68.2 Å². The fourth-order valence-electron chi connectivity index (χ4n) is 2.07. The third-order valence-electron chi connectivity index (χ3n) is 3.78. The lowest BCUT2D eigenvalue weighted by Gasteiger charge is -2.16. The minimum atomic E-state index is -0.447. The van der Waals surface area contributed by atoms with E-state index in [2.05, 4.69) is 13.8 Å². The van der Waals surface area contributed by atoms with Crippen molar-refractivity contribution in [3.05, 3.63) is 0 Å². The molecular weight excluding hydrogens is 332 g/mol. The molecule has 0 aromatic carbocycles. The highest BCUT2D eigenvalue weighted by Gasteiger charge is 2.07. The maximum atomic E-state index is 8.92. The molecule has 160 valence electrons. The standard InChI is InChI=1S/C12H26O.C9H20O4/c1-3-5-7-9-11-13-12-10-8-6-4-2;1-7(11)5-12-9(3)6-13-8(2)4-10/h3-12H2,1-2H3;7-11H,4-6H2,1-3H3. The summed E-state index contributed by atoms with van der Waals surface area (Å²) in [7, 11) is 0. The zero-order valence-corrected chi connectivity index (χ0v) is 18.0. The maximum absolute atomic E-state index is 8.92. The van der Waals surface area contributed by atoms with Crippen molar-refractivity contribution in [3.63, 3.8) is 0 Å². The summed E-state index contributed by atoms with van der Waals surface area (Å²) in [6, 6.07) is 0. The molecule has 0 spiro atoms. The van der Waals surface area contributed by atoms with Crippen LogP contribution in [0.25, 0.3) is 0 Å². The second kappa shape index (κ2) is 22.8. The molecule has 0 aliphatic carbocycles. The van der Waals surface area contributed by atoms with Gasteiger partial charge in [-0.1, -0.05) is 52.4 Å². The van der Waals surface area contributed by atoms with Gasteiger partial charge in [-0.2, -0.15) is 0 Å². The van der Waals surface area contributed by atoms with Gasteiger partial charge in [0.25, 0.3) is 0 Å². The summed E-state index contributed by atoms with van der Waals surface area (Å²) >= 11 is 0. The van der Waals surface area contributed by atoms with E-state index < -0.39 is 6.10 Å². The van der Waals surface area contributed by atoms with Gasteiger partial charge in [-0.25, -0.2) is 0 Å². The molecule has 0 aliphatic heterocycles. The summed E-state index contributed by atoms with van der Waals surface area (Å²) < 4.78 is 16.0. The summed E-state index contributed by atoms with van der Waals surface area (Å²) in [6.07, 6.45) is 9.88. The van der Waals surface area contributed by atoms with Crippen LogP contribution in [-0.4, -0.2) is 61.6 Å². The largest absolute Gasteiger partial charge is 0.394 e. The molecule has 3 atom stereocenters. The normalized spacial score (nSPS) is 14.4. The van der Waals surface area contributed by atoms with Crippen molar-refractivity contribution in [1.82, 2.24) is 0 Å². The van der Waals surface area contributed by atoms with Crippen LogP contribution < -0.4 is 0 Å². The first-order valence-corrected chi connectivity index (χ1v) is 10.6. The number of hydrogen-bond donors (Lipinski definition) is 2. The average Bonchev–Trinajstić information content (AvgIpc) is 2.63. The van der Waals surface area contributed by atoms with Gasteiger partial charge >= 0.3 is 0 Å². The van der Waals surface area contributed by atoms with Crippen LogP contribution in [0.1, 0.15) is 86.0 Å². The molecule has 0 saturated heterocycles. The number of ether oxygens (including phenoxy) is 3. The number of hydrogen-bond acceptors (Lipinski definition) is 5. The van der Waals surface area contributed by atoms with E-state index in [1.165, 1.54) is 51.4 Å². The highest BCUT2D eigenvalue weighted by atomic mass is 16.5. The van der Waals surface area contributed by atoms with Crippen molar-refractivity contribution in [1.29, 1.82) is 0 Å². The fourth-order valence-corrected chi connectivity index (χ4v) is 2.07. The van der Waals surface area contributed by atoms with E-state index in [0.717, 1.165) is 13.2 Å². The van der Waals surface area contributed by atoms with E-state index in [9.17, 15) is 0 Å². The van der Waals surface area contributed by atoms with Gasteiger partial charge < -0.3 is 24.4 Å². The molecule has 5 nitrogen and oxygen atoms in total. The molecule has 2 N–H and O–H groups in total. The van der Waals surface area contributed by atoms with Crippen molar-refractivity contribution in [2.24, 2.45) is 0 Å². The van der Waals surface area contributed by atoms with Gasteiger partial charge in [0.2, 0.25) is 0 Å². The lowest BCUT2D eigenvalue weighted by Crippen LogP contribution is -2.24. The van der Waals surface area contributed by atoms with E-state index in [1.54, 1.807) is 13.8 Å². The van der Waals surface area contributed by atoms with Crippen LogP contribution in [0, 0.1) is 0 Å². The Bertz CT molecular complexity index is 239. The molecule has 0 bridgehead atoms. The van der Waals surface area contributed by atoms with Crippen molar-refractivity contribution in [3.8, 4) is 0 Å². The molecule has 26 heavy (non-hydrogen) atoms. The third-order valence-corrected chi connectivity index (χ3v) is 3.78. The second-order valence-electron chi connectivity index (χ2n) is 7.05. The zero-order chi connectivity index (χ0) is 20.0. The van der Waals surface area contributed by atoms with Crippen LogP contribution in [0.15, 0.2) is 0 Å². The SMILES string of the molecule is CC(O)COC(C)COC(C)CO.CCCCCCOCCCCCC. The second-order valence-corrected chi connectivity index (χ2v) is 7.05. The van der Waals surface area contributed by atoms with Crippen LogP contribution in [-0.2, 0) is 14.2 Å². The van der Waals surface area contributed by atoms with Crippen LogP contribution in [0.2, 0.25) is 0 Å². The van der Waals surface area contributed by atoms with Crippen molar-refractivity contribution in [2.75, 3.05) is 33.0 Å². The van der Waals surface area contributed by atoms with Gasteiger partial charge in [-0.05, 0) is 33.6 Å². The average molecular weight is 379 g/mol. The Morgan fingerprint density at radius 2 is 1.19 bits per heavy atom. The molecule has 0 rings (SSSR count). The predicted molar refractivity (Wildman–Crippen MR) is 109 cm³/mol. The molecule has 0 radical (unpaired) electrons. The lowest BCUT2D eigenvalue weighted by atomic mass is 10.2.